The van der Waals surface area contributed by atoms with Gasteiger partial charge in [-0.25, -0.2) is 9.97 Å². The summed E-state index contributed by atoms with van der Waals surface area (Å²) in [4.78, 5) is 12.1. The van der Waals surface area contributed by atoms with Crippen LogP contribution < -0.4 is 4.74 Å². The summed E-state index contributed by atoms with van der Waals surface area (Å²) in [5.41, 5.74) is 3.29. The normalized spacial score (nSPS) is 12.2. The Morgan fingerprint density at radius 3 is 2.79 bits per heavy atom. The number of H-pyrrole nitrogens is 1. The third-order valence-corrected chi connectivity index (χ3v) is 4.01. The van der Waals surface area contributed by atoms with E-state index in [2.05, 4.69) is 21.0 Å². The molecule has 116 valence electrons. The second kappa shape index (κ2) is 5.67. The molecular formula is C19H14N4O. The van der Waals surface area contributed by atoms with Gasteiger partial charge >= 0.3 is 0 Å². The maximum atomic E-state index is 9.14. The fourth-order valence-corrected chi connectivity index (χ4v) is 2.69. The molecular weight excluding hydrogens is 300 g/mol. The van der Waals surface area contributed by atoms with Gasteiger partial charge in [0.2, 0.25) is 5.88 Å². The van der Waals surface area contributed by atoms with Gasteiger partial charge in [-0.15, -0.1) is 0 Å². The zero-order chi connectivity index (χ0) is 16.5. The molecule has 2 aromatic carbocycles. The van der Waals surface area contributed by atoms with Crippen LogP contribution in [0.4, 0.5) is 0 Å². The molecule has 0 aliphatic carbocycles. The number of nitrogens with zero attached hydrogens (tertiary/aromatic N) is 3. The van der Waals surface area contributed by atoms with Gasteiger partial charge in [0.05, 0.1) is 29.3 Å². The van der Waals surface area contributed by atoms with Crippen molar-refractivity contribution in [1.29, 1.82) is 5.26 Å². The van der Waals surface area contributed by atoms with Gasteiger partial charge in [-0.1, -0.05) is 24.3 Å². The molecule has 0 fully saturated rings. The Balaban J connectivity index is 1.90. The first-order chi connectivity index (χ1) is 11.8. The van der Waals surface area contributed by atoms with E-state index in [1.807, 2.05) is 55.5 Å². The molecule has 1 unspecified atom stereocenters. The van der Waals surface area contributed by atoms with Crippen LogP contribution in [0.25, 0.3) is 21.9 Å². The minimum atomic E-state index is -0.174. The number of nitrogens with one attached hydrogen (secondary N) is 1. The average molecular weight is 314 g/mol. The number of hydrogen-bond donors (Lipinski definition) is 1. The van der Waals surface area contributed by atoms with Gasteiger partial charge in [0.1, 0.15) is 5.75 Å². The lowest BCUT2D eigenvalue weighted by molar-refractivity contribution is 0.470. The number of aromatic amines is 1. The number of rotatable bonds is 3. The van der Waals surface area contributed by atoms with Crippen molar-refractivity contribution >= 4 is 21.9 Å². The second-order valence-corrected chi connectivity index (χ2v) is 5.59. The van der Waals surface area contributed by atoms with E-state index >= 15 is 0 Å². The maximum Gasteiger partial charge on any atom is 0.248 e. The predicted molar refractivity (Wildman–Crippen MR) is 91.9 cm³/mol. The number of fused-ring (bicyclic) bond motifs is 3. The van der Waals surface area contributed by atoms with Crippen LogP contribution in [0.2, 0.25) is 0 Å². The largest absolute Gasteiger partial charge is 0.437 e. The Labute approximate surface area is 138 Å². The molecule has 24 heavy (non-hydrogen) atoms. The molecule has 0 amide bonds. The molecule has 0 radical (unpaired) electrons. The van der Waals surface area contributed by atoms with E-state index in [0.717, 1.165) is 22.0 Å². The van der Waals surface area contributed by atoms with Crippen molar-refractivity contribution < 1.29 is 4.74 Å². The highest BCUT2D eigenvalue weighted by atomic mass is 16.5. The van der Waals surface area contributed by atoms with Gasteiger partial charge in [-0.2, -0.15) is 5.26 Å². The van der Waals surface area contributed by atoms with Crippen molar-refractivity contribution in [3.8, 4) is 17.7 Å². The highest BCUT2D eigenvalue weighted by molar-refractivity contribution is 6.04. The number of hydrogen-bond acceptors (Lipinski definition) is 4. The molecule has 0 spiro atoms. The monoisotopic (exact) mass is 314 g/mol. The number of pyridine rings is 1. The summed E-state index contributed by atoms with van der Waals surface area (Å²) in [7, 11) is 0. The van der Waals surface area contributed by atoms with Crippen LogP contribution in [-0.4, -0.2) is 15.0 Å². The van der Waals surface area contributed by atoms with Gasteiger partial charge < -0.3 is 9.72 Å². The number of ether oxygens (including phenoxy) is 1. The molecule has 0 aliphatic heterocycles. The molecule has 0 saturated carbocycles. The van der Waals surface area contributed by atoms with Crippen molar-refractivity contribution in [3.05, 3.63) is 60.4 Å². The van der Waals surface area contributed by atoms with Gasteiger partial charge in [0, 0.05) is 5.39 Å². The standard InChI is InChI=1S/C19H14N4O/c1-12(10-20)13-7-8-16-15(9-13)17-18(22-11-21-17)19(23-16)24-14-5-3-2-4-6-14/h2-9,11-12H,1H3,(H,21,22). The van der Waals surface area contributed by atoms with Crippen molar-refractivity contribution in [2.24, 2.45) is 0 Å². The van der Waals surface area contributed by atoms with E-state index < -0.39 is 0 Å². The van der Waals surface area contributed by atoms with Crippen LogP contribution in [0.15, 0.2) is 54.9 Å². The van der Waals surface area contributed by atoms with Crippen molar-refractivity contribution in [3.63, 3.8) is 0 Å². The average Bonchev–Trinajstić information content (AvgIpc) is 3.12. The minimum absolute atomic E-state index is 0.174. The molecule has 1 atom stereocenters. The summed E-state index contributed by atoms with van der Waals surface area (Å²) in [5.74, 6) is 1.00. The number of benzene rings is 2. The first kappa shape index (κ1) is 14.2. The van der Waals surface area contributed by atoms with Crippen molar-refractivity contribution in [1.82, 2.24) is 15.0 Å². The first-order valence-electron chi connectivity index (χ1n) is 7.65. The van der Waals surface area contributed by atoms with Gasteiger partial charge in [0.15, 0.2) is 5.52 Å². The highest BCUT2D eigenvalue weighted by Gasteiger charge is 2.14. The number of imidazole rings is 1. The maximum absolute atomic E-state index is 9.14. The van der Waals surface area contributed by atoms with Crippen LogP contribution in [0, 0.1) is 11.3 Å². The summed E-state index contributed by atoms with van der Waals surface area (Å²) in [6.07, 6.45) is 1.63. The Hall–Kier alpha value is -3.39. The molecule has 4 aromatic rings. The molecule has 2 heterocycles. The van der Waals surface area contributed by atoms with Crippen LogP contribution in [-0.2, 0) is 0 Å². The molecule has 0 saturated heterocycles. The van der Waals surface area contributed by atoms with Crippen molar-refractivity contribution in [2.75, 3.05) is 0 Å². The van der Waals surface area contributed by atoms with E-state index in [-0.39, 0.29) is 5.92 Å². The number of para-hydroxylation sites is 1. The SMILES string of the molecule is CC(C#N)c1ccc2nc(Oc3ccccc3)c3nc[nH]c3c2c1. The zero-order valence-electron chi connectivity index (χ0n) is 13.0. The van der Waals surface area contributed by atoms with Gasteiger partial charge in [-0.05, 0) is 36.8 Å². The second-order valence-electron chi connectivity index (χ2n) is 5.59. The van der Waals surface area contributed by atoms with E-state index in [9.17, 15) is 0 Å². The third-order valence-electron chi connectivity index (χ3n) is 4.01. The van der Waals surface area contributed by atoms with E-state index in [1.54, 1.807) is 6.33 Å². The minimum Gasteiger partial charge on any atom is -0.437 e. The Kier molecular flexibility index (Phi) is 3.36. The summed E-state index contributed by atoms with van der Waals surface area (Å²) >= 11 is 0. The first-order valence-corrected chi connectivity index (χ1v) is 7.65. The summed E-state index contributed by atoms with van der Waals surface area (Å²) in [5, 5.41) is 10.1. The molecule has 5 nitrogen and oxygen atoms in total. The van der Waals surface area contributed by atoms with Crippen molar-refractivity contribution in [2.45, 2.75) is 12.8 Å². The van der Waals surface area contributed by atoms with E-state index in [4.69, 9.17) is 10.00 Å². The summed E-state index contributed by atoms with van der Waals surface area (Å²) < 4.78 is 5.91. The molecule has 0 bridgehead atoms. The number of nitriles is 1. The lowest BCUT2D eigenvalue weighted by Gasteiger charge is -2.09. The summed E-state index contributed by atoms with van der Waals surface area (Å²) in [6, 6.07) is 17.6. The lowest BCUT2D eigenvalue weighted by atomic mass is 10.0. The van der Waals surface area contributed by atoms with Gasteiger partial charge in [0.25, 0.3) is 0 Å². The molecule has 4 rings (SSSR count). The zero-order valence-corrected chi connectivity index (χ0v) is 13.0. The Bertz CT molecular complexity index is 1060. The smallest absolute Gasteiger partial charge is 0.248 e. The van der Waals surface area contributed by atoms with Gasteiger partial charge in [-0.3, -0.25) is 0 Å². The van der Waals surface area contributed by atoms with E-state index in [1.165, 1.54) is 0 Å². The summed E-state index contributed by atoms with van der Waals surface area (Å²) in [6.45, 7) is 1.88. The Morgan fingerprint density at radius 1 is 1.17 bits per heavy atom. The van der Waals surface area contributed by atoms with Crippen LogP contribution >= 0.6 is 0 Å². The quantitative estimate of drug-likeness (QED) is 0.603. The lowest BCUT2D eigenvalue weighted by Crippen LogP contribution is -1.94. The number of aromatic nitrogens is 3. The molecule has 2 aromatic heterocycles. The van der Waals surface area contributed by atoms with Crippen LogP contribution in [0.3, 0.4) is 0 Å². The molecule has 5 heteroatoms. The van der Waals surface area contributed by atoms with E-state index in [0.29, 0.717) is 17.1 Å². The highest BCUT2D eigenvalue weighted by Crippen LogP contribution is 2.32. The Morgan fingerprint density at radius 2 is 2.00 bits per heavy atom. The third kappa shape index (κ3) is 2.34. The van der Waals surface area contributed by atoms with Crippen LogP contribution in [0.5, 0.6) is 11.6 Å². The fourth-order valence-electron chi connectivity index (χ4n) is 2.69. The predicted octanol–water partition coefficient (Wildman–Crippen LogP) is 4.53. The molecule has 0 aliphatic rings. The fraction of sp³-hybridized carbons (Fsp3) is 0.105. The molecule has 1 N–H and O–H groups in total. The topological polar surface area (TPSA) is 74.6 Å². The van der Waals surface area contributed by atoms with Crippen LogP contribution in [0.1, 0.15) is 18.4 Å².